The summed E-state index contributed by atoms with van der Waals surface area (Å²) < 4.78 is 35.1. The number of ether oxygens (including phenoxy) is 1. The number of anilines is 2. The molecule has 9 heteroatoms. The number of carbonyl (C=O) groups is 1. The lowest BCUT2D eigenvalue weighted by molar-refractivity contribution is 0.103. The highest BCUT2D eigenvalue weighted by atomic mass is 79.9. The first-order valence-corrected chi connectivity index (χ1v) is 14.5. The number of amides is 1. The van der Waals surface area contributed by atoms with Gasteiger partial charge in [0.2, 0.25) is 0 Å². The van der Waals surface area contributed by atoms with Crippen molar-refractivity contribution in [3.8, 4) is 5.75 Å². The zero-order valence-electron chi connectivity index (χ0n) is 20.5. The van der Waals surface area contributed by atoms with Gasteiger partial charge >= 0.3 is 0 Å². The average Bonchev–Trinajstić information content (AvgIpc) is 3.29. The third-order valence-electron chi connectivity index (χ3n) is 5.95. The molecule has 6 nitrogen and oxygen atoms in total. The first kappa shape index (κ1) is 26.2. The van der Waals surface area contributed by atoms with Gasteiger partial charge in [0.15, 0.2) is 0 Å². The van der Waals surface area contributed by atoms with Gasteiger partial charge in [-0.3, -0.25) is 9.10 Å². The number of benzene rings is 3. The molecular weight excluding hydrogens is 560 g/mol. The Kier molecular flexibility index (Phi) is 7.73. The molecule has 188 valence electrons. The van der Waals surface area contributed by atoms with Crippen LogP contribution in [0.3, 0.4) is 0 Å². The summed E-state index contributed by atoms with van der Waals surface area (Å²) in [4.78, 5) is 13.9. The molecule has 0 bridgehead atoms. The van der Waals surface area contributed by atoms with E-state index in [1.165, 1.54) is 34.9 Å². The van der Waals surface area contributed by atoms with Crippen molar-refractivity contribution in [2.24, 2.45) is 0 Å². The van der Waals surface area contributed by atoms with Crippen LogP contribution in [0.1, 0.15) is 34.6 Å². The van der Waals surface area contributed by atoms with Crippen molar-refractivity contribution in [2.45, 2.75) is 32.1 Å². The van der Waals surface area contributed by atoms with Gasteiger partial charge in [0, 0.05) is 21.4 Å². The van der Waals surface area contributed by atoms with Crippen LogP contribution in [-0.4, -0.2) is 28.0 Å². The van der Waals surface area contributed by atoms with Crippen LogP contribution in [0.5, 0.6) is 5.75 Å². The molecule has 1 N–H and O–H groups in total. The number of halogens is 1. The maximum Gasteiger partial charge on any atom is 0.265 e. The molecule has 4 aromatic rings. The van der Waals surface area contributed by atoms with Gasteiger partial charge in [0.25, 0.3) is 15.9 Å². The van der Waals surface area contributed by atoms with Crippen LogP contribution < -0.4 is 14.4 Å². The fourth-order valence-corrected chi connectivity index (χ4v) is 7.13. The van der Waals surface area contributed by atoms with E-state index < -0.39 is 10.0 Å². The van der Waals surface area contributed by atoms with Gasteiger partial charge in [-0.15, -0.1) is 11.3 Å². The van der Waals surface area contributed by atoms with Crippen molar-refractivity contribution in [2.75, 3.05) is 23.3 Å². The van der Waals surface area contributed by atoms with E-state index in [0.717, 1.165) is 37.8 Å². The van der Waals surface area contributed by atoms with E-state index in [1.54, 1.807) is 25.1 Å². The Morgan fingerprint density at radius 3 is 2.42 bits per heavy atom. The Bertz CT molecular complexity index is 1530. The van der Waals surface area contributed by atoms with Crippen molar-refractivity contribution in [3.05, 3.63) is 81.1 Å². The first-order chi connectivity index (χ1) is 17.2. The zero-order valence-corrected chi connectivity index (χ0v) is 23.7. The summed E-state index contributed by atoms with van der Waals surface area (Å²) in [6, 6.07) is 17.6. The Morgan fingerprint density at radius 2 is 1.78 bits per heavy atom. The molecule has 0 aliphatic rings. The number of fused-ring (bicyclic) bond motifs is 1. The number of sulfonamides is 1. The average molecular weight is 588 g/mol. The first-order valence-electron chi connectivity index (χ1n) is 11.5. The molecule has 1 amide bonds. The number of thiophene rings is 1. The molecule has 0 fully saturated rings. The van der Waals surface area contributed by atoms with Gasteiger partial charge in [0.1, 0.15) is 5.75 Å². The molecule has 0 radical (unpaired) electrons. The van der Waals surface area contributed by atoms with E-state index >= 15 is 0 Å². The molecule has 0 aliphatic carbocycles. The van der Waals surface area contributed by atoms with Crippen molar-refractivity contribution >= 4 is 64.7 Å². The Hall–Kier alpha value is -2.88. The van der Waals surface area contributed by atoms with Crippen LogP contribution in [0, 0.1) is 6.92 Å². The molecule has 36 heavy (non-hydrogen) atoms. The molecule has 0 saturated carbocycles. The van der Waals surface area contributed by atoms with Gasteiger partial charge in [-0.25, -0.2) is 8.42 Å². The SMILES string of the molecule is CCc1cc(Br)cc(C)c1NC(=O)c1cc2cc(N(CC)S(=O)(=O)c3ccc(OC)cc3)ccc2s1. The van der Waals surface area contributed by atoms with Crippen molar-refractivity contribution in [3.63, 3.8) is 0 Å². The van der Waals surface area contributed by atoms with Crippen LogP contribution >= 0.6 is 27.3 Å². The number of nitrogens with one attached hydrogen (secondary N) is 1. The minimum Gasteiger partial charge on any atom is -0.497 e. The van der Waals surface area contributed by atoms with Crippen LogP contribution in [0.4, 0.5) is 11.4 Å². The van der Waals surface area contributed by atoms with E-state index in [2.05, 4.69) is 28.2 Å². The minimum atomic E-state index is -3.77. The van der Waals surface area contributed by atoms with E-state index in [0.29, 0.717) is 16.3 Å². The molecule has 0 saturated heterocycles. The summed E-state index contributed by atoms with van der Waals surface area (Å²) in [5.74, 6) is 0.406. The summed E-state index contributed by atoms with van der Waals surface area (Å²) >= 11 is 4.90. The molecule has 1 aromatic heterocycles. The molecule has 0 spiro atoms. The summed E-state index contributed by atoms with van der Waals surface area (Å²) in [6.07, 6.45) is 0.793. The lowest BCUT2D eigenvalue weighted by Crippen LogP contribution is -2.30. The second-order valence-electron chi connectivity index (χ2n) is 8.24. The maximum absolute atomic E-state index is 13.4. The van der Waals surface area contributed by atoms with Crippen molar-refractivity contribution in [1.82, 2.24) is 0 Å². The lowest BCUT2D eigenvalue weighted by atomic mass is 10.1. The highest BCUT2D eigenvalue weighted by Gasteiger charge is 2.24. The van der Waals surface area contributed by atoms with E-state index in [-0.39, 0.29) is 17.3 Å². The van der Waals surface area contributed by atoms with Crippen LogP contribution in [0.2, 0.25) is 0 Å². The van der Waals surface area contributed by atoms with Gasteiger partial charge in [-0.2, -0.15) is 0 Å². The summed E-state index contributed by atoms with van der Waals surface area (Å²) in [5.41, 5.74) is 3.41. The molecule has 0 atom stereocenters. The Morgan fingerprint density at radius 1 is 1.06 bits per heavy atom. The summed E-state index contributed by atoms with van der Waals surface area (Å²) in [7, 11) is -2.23. The topological polar surface area (TPSA) is 75.7 Å². The number of aryl methyl sites for hydroxylation is 2. The quantitative estimate of drug-likeness (QED) is 0.241. The second kappa shape index (κ2) is 10.6. The molecular formula is C27H27BrN2O4S2. The van der Waals surface area contributed by atoms with E-state index in [1.807, 2.05) is 37.3 Å². The highest BCUT2D eigenvalue weighted by molar-refractivity contribution is 9.10. The van der Waals surface area contributed by atoms with Gasteiger partial charge in [-0.1, -0.05) is 22.9 Å². The van der Waals surface area contributed by atoms with Gasteiger partial charge in [0.05, 0.1) is 22.6 Å². The predicted molar refractivity (Wildman–Crippen MR) is 151 cm³/mol. The smallest absolute Gasteiger partial charge is 0.265 e. The van der Waals surface area contributed by atoms with Crippen LogP contribution in [0.15, 0.2) is 70.0 Å². The van der Waals surface area contributed by atoms with Crippen LogP contribution in [0.25, 0.3) is 10.1 Å². The number of hydrogen-bond acceptors (Lipinski definition) is 5. The van der Waals surface area contributed by atoms with E-state index in [4.69, 9.17) is 4.74 Å². The summed E-state index contributed by atoms with van der Waals surface area (Å²) in [6.45, 7) is 6.08. The Labute approximate surface area is 224 Å². The third kappa shape index (κ3) is 5.14. The maximum atomic E-state index is 13.4. The zero-order chi connectivity index (χ0) is 26.0. The fourth-order valence-electron chi connectivity index (χ4n) is 4.11. The fraction of sp³-hybridized carbons (Fsp3) is 0.222. The lowest BCUT2D eigenvalue weighted by Gasteiger charge is -2.23. The number of rotatable bonds is 8. The molecule has 4 rings (SSSR count). The van der Waals surface area contributed by atoms with Gasteiger partial charge < -0.3 is 10.1 Å². The standard InChI is InChI=1S/C27H27BrN2O4S2/c1-5-18-14-20(28)13-17(3)26(18)29-27(31)25-16-19-15-21(7-12-24(19)35-25)30(6-2)36(32,33)23-10-8-22(34-4)9-11-23/h7-16H,5-6H2,1-4H3,(H,29,31). The normalized spacial score (nSPS) is 11.5. The molecule has 1 heterocycles. The number of methoxy groups -OCH3 is 1. The highest BCUT2D eigenvalue weighted by Crippen LogP contribution is 2.33. The molecule has 0 unspecified atom stereocenters. The van der Waals surface area contributed by atoms with Crippen LogP contribution in [-0.2, 0) is 16.4 Å². The second-order valence-corrected chi connectivity index (χ2v) is 12.1. The van der Waals surface area contributed by atoms with E-state index in [9.17, 15) is 13.2 Å². The van der Waals surface area contributed by atoms with Crippen molar-refractivity contribution < 1.29 is 17.9 Å². The molecule has 0 aliphatic heterocycles. The molecule has 3 aromatic carbocycles. The van der Waals surface area contributed by atoms with Crippen molar-refractivity contribution in [1.29, 1.82) is 0 Å². The third-order valence-corrected chi connectivity index (χ3v) is 9.44. The predicted octanol–water partition coefficient (Wildman–Crippen LogP) is 7.01. The number of hydrogen-bond donors (Lipinski definition) is 1. The van der Waals surface area contributed by atoms with Gasteiger partial charge in [-0.05, 0) is 97.4 Å². The minimum absolute atomic E-state index is 0.184. The largest absolute Gasteiger partial charge is 0.497 e. The number of nitrogens with zero attached hydrogens (tertiary/aromatic N) is 1. The number of carbonyl (C=O) groups excluding carboxylic acids is 1. The Balaban J connectivity index is 1.64. The summed E-state index contributed by atoms with van der Waals surface area (Å²) in [5, 5.41) is 3.89. The monoisotopic (exact) mass is 586 g/mol.